The van der Waals surface area contributed by atoms with Gasteiger partial charge in [-0.15, -0.1) is 11.6 Å². The summed E-state index contributed by atoms with van der Waals surface area (Å²) < 4.78 is 1.60. The molecule has 21 heavy (non-hydrogen) atoms. The van der Waals surface area contributed by atoms with Crippen LogP contribution in [0.5, 0.6) is 0 Å². The summed E-state index contributed by atoms with van der Waals surface area (Å²) in [5.74, 6) is 0.561. The Labute approximate surface area is 127 Å². The highest BCUT2D eigenvalue weighted by Gasteiger charge is 2.16. The average Bonchev–Trinajstić information content (AvgIpc) is 2.47. The number of halogens is 1. The van der Waals surface area contributed by atoms with E-state index in [1.54, 1.807) is 10.6 Å². The number of para-hydroxylation sites is 1. The number of aryl methyl sites for hydroxylation is 1. The van der Waals surface area contributed by atoms with Gasteiger partial charge in [-0.1, -0.05) is 24.3 Å². The molecule has 2 aromatic carbocycles. The highest BCUT2D eigenvalue weighted by Crippen LogP contribution is 2.22. The lowest BCUT2D eigenvalue weighted by Gasteiger charge is -2.15. The standard InChI is InChI=1S/C17H15ClN2O/c1-11-6-5-7-13(10-11)20-16(12(2)18)19-15-9-4-3-8-14(15)17(20)21/h3-10,12H,1-2H3. The van der Waals surface area contributed by atoms with Gasteiger partial charge in [0.1, 0.15) is 5.82 Å². The van der Waals surface area contributed by atoms with Gasteiger partial charge in [0.05, 0.1) is 22.0 Å². The van der Waals surface area contributed by atoms with Gasteiger partial charge in [0.25, 0.3) is 5.56 Å². The Morgan fingerprint density at radius 1 is 1.14 bits per heavy atom. The summed E-state index contributed by atoms with van der Waals surface area (Å²) in [5.41, 5.74) is 2.46. The van der Waals surface area contributed by atoms with Crippen LogP contribution in [-0.2, 0) is 0 Å². The summed E-state index contributed by atoms with van der Waals surface area (Å²) in [4.78, 5) is 17.4. The van der Waals surface area contributed by atoms with Crippen LogP contribution in [0.25, 0.3) is 16.6 Å². The average molecular weight is 299 g/mol. The summed E-state index contributed by atoms with van der Waals surface area (Å²) in [7, 11) is 0. The maximum absolute atomic E-state index is 12.8. The molecule has 0 bridgehead atoms. The molecule has 0 aliphatic heterocycles. The van der Waals surface area contributed by atoms with Crippen molar-refractivity contribution in [1.82, 2.24) is 9.55 Å². The Balaban J connectivity index is 2.42. The first kappa shape index (κ1) is 13.8. The normalized spacial score (nSPS) is 12.5. The minimum atomic E-state index is -0.359. The van der Waals surface area contributed by atoms with Crippen molar-refractivity contribution in [3.63, 3.8) is 0 Å². The van der Waals surface area contributed by atoms with Crippen LogP contribution < -0.4 is 5.56 Å². The molecule has 0 radical (unpaired) electrons. The maximum Gasteiger partial charge on any atom is 0.266 e. The molecule has 0 saturated carbocycles. The second-order valence-electron chi connectivity index (χ2n) is 5.08. The predicted octanol–water partition coefficient (Wildman–Crippen LogP) is 3.99. The van der Waals surface area contributed by atoms with E-state index in [4.69, 9.17) is 11.6 Å². The lowest BCUT2D eigenvalue weighted by atomic mass is 10.2. The van der Waals surface area contributed by atoms with E-state index in [1.807, 2.05) is 56.3 Å². The summed E-state index contributed by atoms with van der Waals surface area (Å²) >= 11 is 6.25. The van der Waals surface area contributed by atoms with Crippen LogP contribution in [0.3, 0.4) is 0 Å². The molecule has 1 atom stereocenters. The molecule has 0 amide bonds. The van der Waals surface area contributed by atoms with Crippen LogP contribution in [0.2, 0.25) is 0 Å². The predicted molar refractivity (Wildman–Crippen MR) is 86.3 cm³/mol. The van der Waals surface area contributed by atoms with E-state index in [0.717, 1.165) is 11.3 Å². The van der Waals surface area contributed by atoms with E-state index in [1.165, 1.54) is 0 Å². The van der Waals surface area contributed by atoms with E-state index in [-0.39, 0.29) is 10.9 Å². The number of hydrogen-bond acceptors (Lipinski definition) is 2. The first-order chi connectivity index (χ1) is 10.1. The number of hydrogen-bond donors (Lipinski definition) is 0. The Morgan fingerprint density at radius 2 is 1.90 bits per heavy atom. The van der Waals surface area contributed by atoms with Gasteiger partial charge in [-0.2, -0.15) is 0 Å². The molecular weight excluding hydrogens is 284 g/mol. The molecule has 1 aromatic heterocycles. The van der Waals surface area contributed by atoms with Crippen molar-refractivity contribution in [2.75, 3.05) is 0 Å². The zero-order valence-corrected chi connectivity index (χ0v) is 12.6. The summed E-state index contributed by atoms with van der Waals surface area (Å²) in [6, 6.07) is 15.1. The van der Waals surface area contributed by atoms with Gasteiger partial charge in [0, 0.05) is 0 Å². The smallest absolute Gasteiger partial charge is 0.266 e. The van der Waals surface area contributed by atoms with Crippen molar-refractivity contribution in [3.05, 3.63) is 70.3 Å². The third kappa shape index (κ3) is 2.45. The SMILES string of the molecule is Cc1cccc(-n2c(C(C)Cl)nc3ccccc3c2=O)c1. The molecule has 0 fully saturated rings. The fourth-order valence-corrected chi connectivity index (χ4v) is 2.58. The molecule has 0 N–H and O–H groups in total. The fourth-order valence-electron chi connectivity index (χ4n) is 2.43. The third-order valence-electron chi connectivity index (χ3n) is 3.42. The van der Waals surface area contributed by atoms with Gasteiger partial charge in [-0.05, 0) is 43.7 Å². The van der Waals surface area contributed by atoms with Crippen LogP contribution in [0, 0.1) is 6.92 Å². The topological polar surface area (TPSA) is 34.9 Å². The Bertz CT molecular complexity index is 868. The lowest BCUT2D eigenvalue weighted by Crippen LogP contribution is -2.24. The van der Waals surface area contributed by atoms with Gasteiger partial charge in [0.15, 0.2) is 0 Å². The fraction of sp³-hybridized carbons (Fsp3) is 0.176. The van der Waals surface area contributed by atoms with Crippen molar-refractivity contribution in [3.8, 4) is 5.69 Å². The molecule has 4 heteroatoms. The van der Waals surface area contributed by atoms with Crippen molar-refractivity contribution in [2.24, 2.45) is 0 Å². The quantitative estimate of drug-likeness (QED) is 0.670. The summed E-state index contributed by atoms with van der Waals surface area (Å²) in [5, 5.41) is 0.239. The molecule has 0 aliphatic rings. The highest BCUT2D eigenvalue weighted by molar-refractivity contribution is 6.20. The van der Waals surface area contributed by atoms with Crippen LogP contribution in [0.15, 0.2) is 53.3 Å². The highest BCUT2D eigenvalue weighted by atomic mass is 35.5. The van der Waals surface area contributed by atoms with Crippen LogP contribution in [-0.4, -0.2) is 9.55 Å². The first-order valence-corrected chi connectivity index (χ1v) is 7.24. The number of benzene rings is 2. The lowest BCUT2D eigenvalue weighted by molar-refractivity contribution is 0.814. The molecule has 3 aromatic rings. The monoisotopic (exact) mass is 298 g/mol. The zero-order chi connectivity index (χ0) is 15.0. The molecule has 3 rings (SSSR count). The second kappa shape index (κ2) is 5.34. The minimum absolute atomic E-state index is 0.0892. The van der Waals surface area contributed by atoms with Crippen LogP contribution >= 0.6 is 11.6 Å². The van der Waals surface area contributed by atoms with Gasteiger partial charge < -0.3 is 0 Å². The zero-order valence-electron chi connectivity index (χ0n) is 11.9. The number of nitrogens with zero attached hydrogens (tertiary/aromatic N) is 2. The van der Waals surface area contributed by atoms with Crippen LogP contribution in [0.1, 0.15) is 23.7 Å². The molecule has 106 valence electrons. The maximum atomic E-state index is 12.8. The molecule has 0 spiro atoms. The van der Waals surface area contributed by atoms with Gasteiger partial charge in [0.2, 0.25) is 0 Å². The van der Waals surface area contributed by atoms with Crippen molar-refractivity contribution in [2.45, 2.75) is 19.2 Å². The van der Waals surface area contributed by atoms with E-state index in [9.17, 15) is 4.79 Å². The second-order valence-corrected chi connectivity index (χ2v) is 5.74. The number of alkyl halides is 1. The minimum Gasteiger partial charge on any atom is -0.268 e. The summed E-state index contributed by atoms with van der Waals surface area (Å²) in [6.45, 7) is 3.82. The molecule has 0 aliphatic carbocycles. The molecular formula is C17H15ClN2O. The molecule has 0 saturated heterocycles. The van der Waals surface area contributed by atoms with Gasteiger partial charge in [-0.3, -0.25) is 9.36 Å². The third-order valence-corrected chi connectivity index (χ3v) is 3.61. The Morgan fingerprint density at radius 3 is 2.62 bits per heavy atom. The number of fused-ring (bicyclic) bond motifs is 1. The van der Waals surface area contributed by atoms with Crippen molar-refractivity contribution < 1.29 is 0 Å². The van der Waals surface area contributed by atoms with Crippen molar-refractivity contribution in [1.29, 1.82) is 0 Å². The molecule has 3 nitrogen and oxygen atoms in total. The van der Waals surface area contributed by atoms with E-state index in [0.29, 0.717) is 16.7 Å². The number of rotatable bonds is 2. The van der Waals surface area contributed by atoms with E-state index in [2.05, 4.69) is 4.98 Å². The molecule has 1 unspecified atom stereocenters. The largest absolute Gasteiger partial charge is 0.268 e. The Hall–Kier alpha value is -2.13. The first-order valence-electron chi connectivity index (χ1n) is 6.81. The Kier molecular flexibility index (Phi) is 3.52. The number of aromatic nitrogens is 2. The van der Waals surface area contributed by atoms with E-state index < -0.39 is 0 Å². The van der Waals surface area contributed by atoms with Gasteiger partial charge >= 0.3 is 0 Å². The summed E-state index contributed by atoms with van der Waals surface area (Å²) in [6.07, 6.45) is 0. The van der Waals surface area contributed by atoms with E-state index >= 15 is 0 Å². The van der Waals surface area contributed by atoms with Crippen LogP contribution in [0.4, 0.5) is 0 Å². The van der Waals surface area contributed by atoms with Gasteiger partial charge in [-0.25, -0.2) is 4.98 Å². The molecule has 1 heterocycles. The van der Waals surface area contributed by atoms with Crippen molar-refractivity contribution >= 4 is 22.5 Å².